The Hall–Kier alpha value is -0.210. The third-order valence-corrected chi connectivity index (χ3v) is 2.70. The van der Waals surface area contributed by atoms with Crippen molar-refractivity contribution in [1.29, 1.82) is 0 Å². The molecule has 0 radical (unpaired) electrons. The van der Waals surface area contributed by atoms with E-state index in [0.29, 0.717) is 0 Å². The zero-order valence-corrected chi connectivity index (χ0v) is 8.66. The molecule has 0 amide bonds. The van der Waals surface area contributed by atoms with E-state index in [9.17, 15) is 0 Å². The van der Waals surface area contributed by atoms with Gasteiger partial charge in [-0.3, -0.25) is 0 Å². The molecule has 1 aliphatic carbocycles. The van der Waals surface area contributed by atoms with Gasteiger partial charge < -0.3 is 5.32 Å². The Bertz CT molecular complexity index is 186. The van der Waals surface area contributed by atoms with Gasteiger partial charge in [0, 0.05) is 17.8 Å². The highest BCUT2D eigenvalue weighted by atomic mass is 32.2. The minimum absolute atomic E-state index is 0.199. The van der Waals surface area contributed by atoms with Crippen LogP contribution in [0.1, 0.15) is 13.3 Å². The molecule has 68 valence electrons. The molecule has 0 aliphatic heterocycles. The molecule has 0 saturated heterocycles. The fourth-order valence-corrected chi connectivity index (χ4v) is 1.60. The summed E-state index contributed by atoms with van der Waals surface area (Å²) in [4.78, 5) is 0. The maximum absolute atomic E-state index is 3.54. The van der Waals surface area contributed by atoms with E-state index in [2.05, 4.69) is 42.8 Å². The second-order valence-electron chi connectivity index (χ2n) is 3.33. The van der Waals surface area contributed by atoms with E-state index in [4.69, 9.17) is 0 Å². The van der Waals surface area contributed by atoms with Crippen LogP contribution in [0.3, 0.4) is 0 Å². The van der Waals surface area contributed by atoms with Gasteiger partial charge in [0.15, 0.2) is 0 Å². The number of hydrogen-bond donors (Lipinski definition) is 1. The molecule has 1 unspecified atom stereocenters. The lowest BCUT2D eigenvalue weighted by atomic mass is 9.94. The highest BCUT2D eigenvalue weighted by Crippen LogP contribution is 2.16. The summed E-state index contributed by atoms with van der Waals surface area (Å²) in [6.45, 7) is 3.34. The van der Waals surface area contributed by atoms with Crippen LogP contribution in [0.4, 0.5) is 0 Å². The normalized spacial score (nSPS) is 27.8. The molecule has 12 heavy (non-hydrogen) atoms. The van der Waals surface area contributed by atoms with E-state index in [-0.39, 0.29) is 5.54 Å². The first kappa shape index (κ1) is 9.87. The summed E-state index contributed by atoms with van der Waals surface area (Å²) < 4.78 is 0. The van der Waals surface area contributed by atoms with Gasteiger partial charge in [-0.1, -0.05) is 24.3 Å². The van der Waals surface area contributed by atoms with Crippen LogP contribution in [-0.4, -0.2) is 24.1 Å². The average Bonchev–Trinajstić information content (AvgIpc) is 2.06. The summed E-state index contributed by atoms with van der Waals surface area (Å²) in [6.07, 6.45) is 11.9. The van der Waals surface area contributed by atoms with Crippen molar-refractivity contribution in [3.8, 4) is 0 Å². The Kier molecular flexibility index (Phi) is 3.89. The Morgan fingerprint density at radius 1 is 1.50 bits per heavy atom. The Labute approximate surface area is 79.3 Å². The van der Waals surface area contributed by atoms with Crippen molar-refractivity contribution < 1.29 is 0 Å². The van der Waals surface area contributed by atoms with Crippen LogP contribution in [-0.2, 0) is 0 Å². The van der Waals surface area contributed by atoms with Gasteiger partial charge in [-0.25, -0.2) is 0 Å². The molecule has 1 rings (SSSR count). The maximum Gasteiger partial charge on any atom is 0.0373 e. The van der Waals surface area contributed by atoms with Crippen LogP contribution in [0.15, 0.2) is 24.3 Å². The molecule has 1 atom stereocenters. The summed E-state index contributed by atoms with van der Waals surface area (Å²) in [5, 5.41) is 3.54. The highest BCUT2D eigenvalue weighted by Gasteiger charge is 2.18. The molecule has 1 N–H and O–H groups in total. The summed E-state index contributed by atoms with van der Waals surface area (Å²) in [5.41, 5.74) is 0.199. The number of rotatable bonds is 4. The van der Waals surface area contributed by atoms with Gasteiger partial charge in [0.05, 0.1) is 0 Å². The van der Waals surface area contributed by atoms with E-state index in [1.807, 2.05) is 11.8 Å². The molecule has 0 aromatic rings. The number of allylic oxidation sites excluding steroid dienone is 2. The minimum atomic E-state index is 0.199. The first-order valence-electron chi connectivity index (χ1n) is 4.35. The van der Waals surface area contributed by atoms with E-state index in [0.717, 1.165) is 13.0 Å². The molecular weight excluding hydrogens is 166 g/mol. The van der Waals surface area contributed by atoms with Crippen molar-refractivity contribution in [2.24, 2.45) is 0 Å². The monoisotopic (exact) mass is 183 g/mol. The van der Waals surface area contributed by atoms with Crippen molar-refractivity contribution >= 4 is 11.8 Å². The van der Waals surface area contributed by atoms with Crippen LogP contribution in [0.2, 0.25) is 0 Å². The summed E-state index contributed by atoms with van der Waals surface area (Å²) in [6, 6.07) is 0. The van der Waals surface area contributed by atoms with Gasteiger partial charge >= 0.3 is 0 Å². The van der Waals surface area contributed by atoms with Gasteiger partial charge in [-0.2, -0.15) is 11.8 Å². The van der Waals surface area contributed by atoms with Crippen molar-refractivity contribution in [1.82, 2.24) is 5.32 Å². The summed E-state index contributed by atoms with van der Waals surface area (Å²) in [7, 11) is 0. The molecular formula is C10H17NS. The molecule has 0 aromatic carbocycles. The average molecular weight is 183 g/mol. The van der Waals surface area contributed by atoms with Crippen molar-refractivity contribution in [2.75, 3.05) is 18.6 Å². The zero-order chi connectivity index (χ0) is 8.86. The topological polar surface area (TPSA) is 12.0 Å². The smallest absolute Gasteiger partial charge is 0.0373 e. The van der Waals surface area contributed by atoms with Crippen LogP contribution < -0.4 is 5.32 Å². The van der Waals surface area contributed by atoms with Gasteiger partial charge in [-0.05, 0) is 19.6 Å². The molecule has 0 spiro atoms. The minimum Gasteiger partial charge on any atom is -0.307 e. The second-order valence-corrected chi connectivity index (χ2v) is 4.31. The molecule has 0 bridgehead atoms. The summed E-state index contributed by atoms with van der Waals surface area (Å²) in [5.74, 6) is 1.19. The predicted molar refractivity (Wildman–Crippen MR) is 57.7 cm³/mol. The van der Waals surface area contributed by atoms with Gasteiger partial charge in [-0.15, -0.1) is 0 Å². The van der Waals surface area contributed by atoms with E-state index < -0.39 is 0 Å². The van der Waals surface area contributed by atoms with E-state index >= 15 is 0 Å². The molecule has 0 aromatic heterocycles. The van der Waals surface area contributed by atoms with Gasteiger partial charge in [0.1, 0.15) is 0 Å². The molecule has 0 fully saturated rings. The standard InChI is InChI=1S/C10H17NS/c1-10(11-8-9-12-2)6-4-3-5-7-10/h3-6,11H,7-9H2,1-2H3. The Morgan fingerprint density at radius 3 is 2.92 bits per heavy atom. The lowest BCUT2D eigenvalue weighted by molar-refractivity contribution is 0.453. The van der Waals surface area contributed by atoms with E-state index in [1.165, 1.54) is 5.75 Å². The Morgan fingerprint density at radius 2 is 2.33 bits per heavy atom. The second kappa shape index (κ2) is 4.73. The zero-order valence-electron chi connectivity index (χ0n) is 7.84. The summed E-state index contributed by atoms with van der Waals surface area (Å²) >= 11 is 1.88. The van der Waals surface area contributed by atoms with Crippen LogP contribution in [0.5, 0.6) is 0 Å². The van der Waals surface area contributed by atoms with Crippen LogP contribution >= 0.6 is 11.8 Å². The fraction of sp³-hybridized carbons (Fsp3) is 0.600. The number of thioether (sulfide) groups is 1. The number of nitrogens with one attached hydrogen (secondary N) is 1. The lowest BCUT2D eigenvalue weighted by Gasteiger charge is -2.27. The molecule has 0 saturated carbocycles. The predicted octanol–water partition coefficient (Wildman–Crippen LogP) is 2.21. The SMILES string of the molecule is CSCCNC1(C)C=CC=CC1. The third-order valence-electron chi connectivity index (χ3n) is 2.09. The van der Waals surface area contributed by atoms with Crippen molar-refractivity contribution in [2.45, 2.75) is 18.9 Å². The van der Waals surface area contributed by atoms with Gasteiger partial charge in [0.25, 0.3) is 0 Å². The molecule has 1 aliphatic rings. The maximum atomic E-state index is 3.54. The first-order chi connectivity index (χ1) is 5.77. The van der Waals surface area contributed by atoms with Crippen molar-refractivity contribution in [3.63, 3.8) is 0 Å². The molecule has 2 heteroatoms. The third kappa shape index (κ3) is 3.03. The highest BCUT2D eigenvalue weighted by molar-refractivity contribution is 7.98. The Balaban J connectivity index is 2.29. The molecule has 0 heterocycles. The molecule has 1 nitrogen and oxygen atoms in total. The number of hydrogen-bond acceptors (Lipinski definition) is 2. The van der Waals surface area contributed by atoms with Crippen molar-refractivity contribution in [3.05, 3.63) is 24.3 Å². The van der Waals surface area contributed by atoms with Crippen LogP contribution in [0, 0.1) is 0 Å². The van der Waals surface area contributed by atoms with Crippen LogP contribution in [0.25, 0.3) is 0 Å². The quantitative estimate of drug-likeness (QED) is 0.671. The largest absolute Gasteiger partial charge is 0.307 e. The fourth-order valence-electron chi connectivity index (χ4n) is 1.30. The van der Waals surface area contributed by atoms with Gasteiger partial charge in [0.2, 0.25) is 0 Å². The first-order valence-corrected chi connectivity index (χ1v) is 5.74. The lowest BCUT2D eigenvalue weighted by Crippen LogP contribution is -2.41. The van der Waals surface area contributed by atoms with E-state index in [1.54, 1.807) is 0 Å².